The first-order valence-electron chi connectivity index (χ1n) is 6.70. The maximum absolute atomic E-state index is 9.03. The standard InChI is InChI=1S/C15H20BrNO2/c1-3-13(6-7-18)17-10(2)15-9-11-8-12(16)4-5-14(11)19-15/h4-5,8-10,13,17-18H,3,6-7H2,1-2H3. The second-order valence-corrected chi connectivity index (χ2v) is 5.75. The van der Waals surface area contributed by atoms with Gasteiger partial charge in [0.25, 0.3) is 0 Å². The number of hydrogen-bond acceptors (Lipinski definition) is 3. The summed E-state index contributed by atoms with van der Waals surface area (Å²) in [5.41, 5.74) is 0.905. The third kappa shape index (κ3) is 3.59. The Labute approximate surface area is 122 Å². The lowest BCUT2D eigenvalue weighted by Crippen LogP contribution is -2.31. The van der Waals surface area contributed by atoms with E-state index < -0.39 is 0 Å². The number of rotatable bonds is 6. The van der Waals surface area contributed by atoms with Crippen molar-refractivity contribution in [2.45, 2.75) is 38.8 Å². The maximum Gasteiger partial charge on any atom is 0.134 e. The molecule has 2 atom stereocenters. The highest BCUT2D eigenvalue weighted by molar-refractivity contribution is 9.10. The van der Waals surface area contributed by atoms with Crippen LogP contribution in [0.15, 0.2) is 33.2 Å². The Hall–Kier alpha value is -0.840. The lowest BCUT2D eigenvalue weighted by atomic mass is 10.1. The lowest BCUT2D eigenvalue weighted by Gasteiger charge is -2.20. The molecular formula is C15H20BrNO2. The van der Waals surface area contributed by atoms with E-state index in [0.717, 1.165) is 34.0 Å². The molecule has 2 unspecified atom stereocenters. The molecule has 0 aliphatic heterocycles. The zero-order chi connectivity index (χ0) is 13.8. The highest BCUT2D eigenvalue weighted by Gasteiger charge is 2.15. The zero-order valence-corrected chi connectivity index (χ0v) is 12.9. The molecule has 0 fully saturated rings. The number of hydrogen-bond donors (Lipinski definition) is 2. The molecule has 3 nitrogen and oxygen atoms in total. The molecular weight excluding hydrogens is 306 g/mol. The molecule has 19 heavy (non-hydrogen) atoms. The molecule has 0 amide bonds. The number of nitrogens with one attached hydrogen (secondary N) is 1. The molecule has 0 saturated carbocycles. The first kappa shape index (κ1) is 14.6. The topological polar surface area (TPSA) is 45.4 Å². The Balaban J connectivity index is 2.14. The number of furan rings is 1. The van der Waals surface area contributed by atoms with Crippen LogP contribution < -0.4 is 5.32 Å². The SMILES string of the molecule is CCC(CCO)NC(C)c1cc2cc(Br)ccc2o1. The summed E-state index contributed by atoms with van der Waals surface area (Å²) in [6, 6.07) is 8.54. The molecule has 2 rings (SSSR count). The Kier molecular flexibility index (Phi) is 5.02. The van der Waals surface area contributed by atoms with Gasteiger partial charge in [0.2, 0.25) is 0 Å². The van der Waals surface area contributed by atoms with E-state index in [9.17, 15) is 0 Å². The van der Waals surface area contributed by atoms with Crippen LogP contribution in [-0.4, -0.2) is 17.8 Å². The van der Waals surface area contributed by atoms with Gasteiger partial charge in [-0.25, -0.2) is 0 Å². The summed E-state index contributed by atoms with van der Waals surface area (Å²) in [6.07, 6.45) is 1.77. The van der Waals surface area contributed by atoms with Crippen LogP contribution in [0, 0.1) is 0 Å². The second kappa shape index (κ2) is 6.55. The first-order chi connectivity index (χ1) is 9.13. The van der Waals surface area contributed by atoms with Crippen molar-refractivity contribution in [3.63, 3.8) is 0 Å². The van der Waals surface area contributed by atoms with Gasteiger partial charge in [0.05, 0.1) is 6.04 Å². The van der Waals surface area contributed by atoms with E-state index in [1.165, 1.54) is 0 Å². The fraction of sp³-hybridized carbons (Fsp3) is 0.467. The fourth-order valence-electron chi connectivity index (χ4n) is 2.24. The van der Waals surface area contributed by atoms with Crippen LogP contribution in [0.5, 0.6) is 0 Å². The zero-order valence-electron chi connectivity index (χ0n) is 11.3. The predicted octanol–water partition coefficient (Wildman–Crippen LogP) is 4.01. The molecule has 2 aromatic rings. The van der Waals surface area contributed by atoms with Crippen molar-refractivity contribution in [1.29, 1.82) is 0 Å². The van der Waals surface area contributed by atoms with Crippen molar-refractivity contribution in [3.8, 4) is 0 Å². The van der Waals surface area contributed by atoms with Gasteiger partial charge in [-0.2, -0.15) is 0 Å². The van der Waals surface area contributed by atoms with Crippen molar-refractivity contribution in [2.24, 2.45) is 0 Å². The molecule has 1 aromatic heterocycles. The molecule has 0 aliphatic rings. The molecule has 0 saturated heterocycles. The van der Waals surface area contributed by atoms with Gasteiger partial charge in [-0.1, -0.05) is 22.9 Å². The Bertz CT molecular complexity index is 538. The summed E-state index contributed by atoms with van der Waals surface area (Å²) in [5.74, 6) is 0.935. The molecule has 0 bridgehead atoms. The van der Waals surface area contributed by atoms with Gasteiger partial charge >= 0.3 is 0 Å². The minimum Gasteiger partial charge on any atom is -0.459 e. The molecule has 0 spiro atoms. The van der Waals surface area contributed by atoms with E-state index in [0.29, 0.717) is 6.04 Å². The third-order valence-electron chi connectivity index (χ3n) is 3.38. The van der Waals surface area contributed by atoms with E-state index in [2.05, 4.69) is 47.2 Å². The normalized spacial score (nSPS) is 14.7. The maximum atomic E-state index is 9.03. The van der Waals surface area contributed by atoms with Gasteiger partial charge < -0.3 is 14.8 Å². The van der Waals surface area contributed by atoms with E-state index >= 15 is 0 Å². The molecule has 1 heterocycles. The largest absolute Gasteiger partial charge is 0.459 e. The predicted molar refractivity (Wildman–Crippen MR) is 81.2 cm³/mol. The number of fused-ring (bicyclic) bond motifs is 1. The van der Waals surface area contributed by atoms with Gasteiger partial charge in [-0.15, -0.1) is 0 Å². The van der Waals surface area contributed by atoms with Crippen LogP contribution >= 0.6 is 15.9 Å². The van der Waals surface area contributed by atoms with Gasteiger partial charge in [0.1, 0.15) is 11.3 Å². The molecule has 0 radical (unpaired) electrons. The summed E-state index contributed by atoms with van der Waals surface area (Å²) in [5, 5.41) is 13.6. The Morgan fingerprint density at radius 2 is 2.16 bits per heavy atom. The van der Waals surface area contributed by atoms with E-state index in [1.807, 2.05) is 12.1 Å². The van der Waals surface area contributed by atoms with E-state index in [-0.39, 0.29) is 12.6 Å². The smallest absolute Gasteiger partial charge is 0.134 e. The van der Waals surface area contributed by atoms with E-state index in [1.54, 1.807) is 0 Å². The molecule has 4 heteroatoms. The van der Waals surface area contributed by atoms with Gasteiger partial charge in [-0.3, -0.25) is 0 Å². The Morgan fingerprint density at radius 3 is 2.84 bits per heavy atom. The average molecular weight is 326 g/mol. The van der Waals surface area contributed by atoms with Crippen molar-refractivity contribution in [2.75, 3.05) is 6.61 Å². The quantitative estimate of drug-likeness (QED) is 0.843. The highest BCUT2D eigenvalue weighted by atomic mass is 79.9. The summed E-state index contributed by atoms with van der Waals surface area (Å²) < 4.78 is 6.92. The first-order valence-corrected chi connectivity index (χ1v) is 7.49. The minimum absolute atomic E-state index is 0.141. The molecule has 0 aliphatic carbocycles. The van der Waals surface area contributed by atoms with Crippen LogP contribution in [0.3, 0.4) is 0 Å². The van der Waals surface area contributed by atoms with Crippen molar-refractivity contribution >= 4 is 26.9 Å². The summed E-state index contributed by atoms with van der Waals surface area (Å²) in [7, 11) is 0. The summed E-state index contributed by atoms with van der Waals surface area (Å²) in [4.78, 5) is 0. The third-order valence-corrected chi connectivity index (χ3v) is 3.87. The van der Waals surface area contributed by atoms with Crippen molar-refractivity contribution in [3.05, 3.63) is 34.5 Å². The minimum atomic E-state index is 0.141. The van der Waals surface area contributed by atoms with Crippen LogP contribution in [0.4, 0.5) is 0 Å². The Morgan fingerprint density at radius 1 is 1.37 bits per heavy atom. The van der Waals surface area contributed by atoms with Gasteiger partial charge in [0, 0.05) is 22.5 Å². The van der Waals surface area contributed by atoms with Gasteiger partial charge in [-0.05, 0) is 44.0 Å². The highest BCUT2D eigenvalue weighted by Crippen LogP contribution is 2.26. The number of halogens is 1. The van der Waals surface area contributed by atoms with E-state index in [4.69, 9.17) is 9.52 Å². The van der Waals surface area contributed by atoms with Crippen molar-refractivity contribution < 1.29 is 9.52 Å². The molecule has 104 valence electrons. The average Bonchev–Trinajstić information content (AvgIpc) is 2.81. The van der Waals surface area contributed by atoms with Crippen LogP contribution in [0.2, 0.25) is 0 Å². The number of benzene rings is 1. The van der Waals surface area contributed by atoms with Gasteiger partial charge in [0.15, 0.2) is 0 Å². The van der Waals surface area contributed by atoms with Crippen LogP contribution in [-0.2, 0) is 0 Å². The summed E-state index contributed by atoms with van der Waals surface area (Å²) in [6.45, 7) is 4.42. The molecule has 1 aromatic carbocycles. The number of aliphatic hydroxyl groups excluding tert-OH is 1. The summed E-state index contributed by atoms with van der Waals surface area (Å²) >= 11 is 3.47. The molecule has 2 N–H and O–H groups in total. The van der Waals surface area contributed by atoms with Crippen LogP contribution in [0.1, 0.15) is 38.5 Å². The van der Waals surface area contributed by atoms with Crippen molar-refractivity contribution in [1.82, 2.24) is 5.32 Å². The van der Waals surface area contributed by atoms with Crippen LogP contribution in [0.25, 0.3) is 11.0 Å². The number of aliphatic hydroxyl groups is 1. The fourth-order valence-corrected chi connectivity index (χ4v) is 2.62. The monoisotopic (exact) mass is 325 g/mol. The second-order valence-electron chi connectivity index (χ2n) is 4.84. The lowest BCUT2D eigenvalue weighted by molar-refractivity contribution is 0.253.